The molecule has 0 radical (unpaired) electrons. The predicted molar refractivity (Wildman–Crippen MR) is 107 cm³/mol. The highest BCUT2D eigenvalue weighted by atomic mass is 35.5. The second kappa shape index (κ2) is 6.50. The number of hydrogen-bond acceptors (Lipinski definition) is 3. The lowest BCUT2D eigenvalue weighted by atomic mass is 10.1. The minimum atomic E-state index is -0.289. The van der Waals surface area contributed by atoms with Crippen molar-refractivity contribution in [1.82, 2.24) is 14.8 Å². The summed E-state index contributed by atoms with van der Waals surface area (Å²) >= 11 is 6.21. The number of nitrogens with zero attached hydrogens (tertiary/aromatic N) is 3. The van der Waals surface area contributed by atoms with Crippen LogP contribution in [0.25, 0.3) is 27.5 Å². The van der Waals surface area contributed by atoms with Gasteiger partial charge in [0.05, 0.1) is 16.6 Å². The Bertz CT molecular complexity index is 1150. The molecule has 6 heteroatoms. The van der Waals surface area contributed by atoms with Crippen molar-refractivity contribution in [2.75, 3.05) is 5.32 Å². The molecule has 0 unspecified atom stereocenters. The summed E-state index contributed by atoms with van der Waals surface area (Å²) in [4.78, 5) is 4.84. The van der Waals surface area contributed by atoms with E-state index in [-0.39, 0.29) is 5.82 Å². The highest BCUT2D eigenvalue weighted by Crippen LogP contribution is 2.33. The van der Waals surface area contributed by atoms with Gasteiger partial charge in [-0.15, -0.1) is 0 Å². The SMILES string of the molecule is Fc1cccc(-n2cc3c(NC4CCCC4)nc4ccc(Cl)cc4c3n2)c1. The van der Waals surface area contributed by atoms with E-state index in [0.29, 0.717) is 16.8 Å². The van der Waals surface area contributed by atoms with Crippen molar-refractivity contribution in [3.05, 3.63) is 59.5 Å². The molecule has 136 valence electrons. The van der Waals surface area contributed by atoms with Gasteiger partial charge < -0.3 is 5.32 Å². The standard InChI is InChI=1S/C21H18ClFN4/c22-13-8-9-19-17(10-13)20-18(21(25-19)24-15-5-1-2-6-15)12-27(26-20)16-7-3-4-14(23)11-16/h3-4,7-12,15H,1-2,5-6H2,(H,24,25). The van der Waals surface area contributed by atoms with Crippen molar-refractivity contribution in [1.29, 1.82) is 0 Å². The molecular weight excluding hydrogens is 363 g/mol. The molecule has 0 spiro atoms. The van der Waals surface area contributed by atoms with E-state index in [1.54, 1.807) is 10.7 Å². The van der Waals surface area contributed by atoms with Crippen LogP contribution in [0.1, 0.15) is 25.7 Å². The summed E-state index contributed by atoms with van der Waals surface area (Å²) in [6, 6.07) is 12.5. The third-order valence-corrected chi connectivity index (χ3v) is 5.42. The van der Waals surface area contributed by atoms with Crippen LogP contribution in [0.4, 0.5) is 10.2 Å². The fourth-order valence-electron chi connectivity index (χ4n) is 3.85. The van der Waals surface area contributed by atoms with Gasteiger partial charge in [-0.05, 0) is 49.2 Å². The van der Waals surface area contributed by atoms with Crippen molar-refractivity contribution in [3.63, 3.8) is 0 Å². The molecule has 0 amide bonds. The average molecular weight is 381 g/mol. The van der Waals surface area contributed by atoms with Gasteiger partial charge in [0.25, 0.3) is 0 Å². The Hall–Kier alpha value is -2.66. The molecule has 5 rings (SSSR count). The summed E-state index contributed by atoms with van der Waals surface area (Å²) in [7, 11) is 0. The first-order valence-corrected chi connectivity index (χ1v) is 9.56. The third kappa shape index (κ3) is 3.02. The quantitative estimate of drug-likeness (QED) is 0.494. The number of nitrogens with one attached hydrogen (secondary N) is 1. The zero-order valence-corrected chi connectivity index (χ0v) is 15.4. The summed E-state index contributed by atoms with van der Waals surface area (Å²) in [6.45, 7) is 0. The summed E-state index contributed by atoms with van der Waals surface area (Å²) in [6.07, 6.45) is 6.70. The van der Waals surface area contributed by atoms with Crippen LogP contribution in [0.2, 0.25) is 5.02 Å². The second-order valence-corrected chi connectivity index (χ2v) is 7.50. The number of halogens is 2. The molecule has 1 fully saturated rings. The number of benzene rings is 2. The van der Waals surface area contributed by atoms with Crippen molar-refractivity contribution in [2.24, 2.45) is 0 Å². The van der Waals surface area contributed by atoms with Crippen molar-refractivity contribution in [3.8, 4) is 5.69 Å². The van der Waals surface area contributed by atoms with Gasteiger partial charge in [0.1, 0.15) is 17.2 Å². The zero-order valence-electron chi connectivity index (χ0n) is 14.6. The predicted octanol–water partition coefficient (Wildman–Crippen LogP) is 5.72. The van der Waals surface area contributed by atoms with Crippen molar-refractivity contribution < 1.29 is 4.39 Å². The van der Waals surface area contributed by atoms with Crippen molar-refractivity contribution >= 4 is 39.2 Å². The first-order chi connectivity index (χ1) is 13.2. The minimum Gasteiger partial charge on any atom is -0.367 e. The Balaban J connectivity index is 1.73. The molecule has 27 heavy (non-hydrogen) atoms. The highest BCUT2D eigenvalue weighted by Gasteiger charge is 2.19. The molecule has 1 saturated carbocycles. The Morgan fingerprint density at radius 3 is 2.74 bits per heavy atom. The molecule has 2 aromatic carbocycles. The number of rotatable bonds is 3. The van der Waals surface area contributed by atoms with E-state index in [0.717, 1.165) is 40.5 Å². The van der Waals surface area contributed by atoms with Crippen LogP contribution in [-0.4, -0.2) is 20.8 Å². The molecule has 0 saturated heterocycles. The molecule has 1 N–H and O–H groups in total. The van der Waals surface area contributed by atoms with Crippen LogP contribution in [0.15, 0.2) is 48.7 Å². The lowest BCUT2D eigenvalue weighted by molar-refractivity contribution is 0.625. The van der Waals surface area contributed by atoms with Gasteiger partial charge in [-0.25, -0.2) is 14.1 Å². The largest absolute Gasteiger partial charge is 0.367 e. The molecule has 0 aliphatic heterocycles. The topological polar surface area (TPSA) is 42.7 Å². The number of hydrogen-bond donors (Lipinski definition) is 1. The molecule has 0 bridgehead atoms. The molecule has 4 aromatic rings. The van der Waals surface area contributed by atoms with Crippen LogP contribution >= 0.6 is 11.6 Å². The van der Waals surface area contributed by atoms with Crippen LogP contribution < -0.4 is 5.32 Å². The number of anilines is 1. The van der Waals surface area contributed by atoms with Crippen LogP contribution in [0.5, 0.6) is 0 Å². The summed E-state index contributed by atoms with van der Waals surface area (Å²) in [5, 5.41) is 10.8. The lowest BCUT2D eigenvalue weighted by Crippen LogP contribution is -2.15. The molecule has 2 heterocycles. The minimum absolute atomic E-state index is 0.289. The molecule has 4 nitrogen and oxygen atoms in total. The van der Waals surface area contributed by atoms with Gasteiger partial charge in [0.15, 0.2) is 0 Å². The second-order valence-electron chi connectivity index (χ2n) is 7.06. The van der Waals surface area contributed by atoms with E-state index in [2.05, 4.69) is 5.32 Å². The molecule has 1 aliphatic carbocycles. The molecule has 0 atom stereocenters. The van der Waals surface area contributed by atoms with Crippen molar-refractivity contribution in [2.45, 2.75) is 31.7 Å². The molecular formula is C21H18ClFN4. The lowest BCUT2D eigenvalue weighted by Gasteiger charge is -2.14. The highest BCUT2D eigenvalue weighted by molar-refractivity contribution is 6.31. The fourth-order valence-corrected chi connectivity index (χ4v) is 4.02. The monoisotopic (exact) mass is 380 g/mol. The number of aromatic nitrogens is 3. The maximum absolute atomic E-state index is 13.7. The van der Waals surface area contributed by atoms with Crippen LogP contribution in [0, 0.1) is 5.82 Å². The van der Waals surface area contributed by atoms with E-state index in [1.165, 1.54) is 25.0 Å². The fraction of sp³-hybridized carbons (Fsp3) is 0.238. The maximum atomic E-state index is 13.7. The normalized spacial score (nSPS) is 15.0. The zero-order chi connectivity index (χ0) is 18.4. The number of fused-ring (bicyclic) bond motifs is 3. The van der Waals surface area contributed by atoms with E-state index in [4.69, 9.17) is 21.7 Å². The number of pyridine rings is 1. The smallest absolute Gasteiger partial charge is 0.138 e. The van der Waals surface area contributed by atoms with Gasteiger partial charge in [0.2, 0.25) is 0 Å². The third-order valence-electron chi connectivity index (χ3n) is 5.18. The first kappa shape index (κ1) is 16.5. The Morgan fingerprint density at radius 2 is 1.93 bits per heavy atom. The van der Waals surface area contributed by atoms with Crippen LogP contribution in [0.3, 0.4) is 0 Å². The summed E-state index contributed by atoms with van der Waals surface area (Å²) in [5.74, 6) is 0.539. The molecule has 2 aromatic heterocycles. The van der Waals surface area contributed by atoms with Gasteiger partial charge in [0, 0.05) is 22.6 Å². The van der Waals surface area contributed by atoms with E-state index in [9.17, 15) is 4.39 Å². The maximum Gasteiger partial charge on any atom is 0.138 e. The summed E-state index contributed by atoms with van der Waals surface area (Å²) < 4.78 is 15.4. The van der Waals surface area contributed by atoms with E-state index < -0.39 is 0 Å². The summed E-state index contributed by atoms with van der Waals surface area (Å²) in [5.41, 5.74) is 2.33. The van der Waals surface area contributed by atoms with Gasteiger partial charge in [-0.2, -0.15) is 5.10 Å². The van der Waals surface area contributed by atoms with E-state index >= 15 is 0 Å². The first-order valence-electron chi connectivity index (χ1n) is 9.18. The Morgan fingerprint density at radius 1 is 1.07 bits per heavy atom. The van der Waals surface area contributed by atoms with Gasteiger partial charge >= 0.3 is 0 Å². The Kier molecular flexibility index (Phi) is 3.97. The molecule has 1 aliphatic rings. The van der Waals surface area contributed by atoms with Gasteiger partial charge in [-0.1, -0.05) is 30.5 Å². The van der Waals surface area contributed by atoms with Crippen LogP contribution in [-0.2, 0) is 0 Å². The average Bonchev–Trinajstić information content (AvgIpc) is 3.32. The van der Waals surface area contributed by atoms with E-state index in [1.807, 2.05) is 30.5 Å². The Labute approximate surface area is 161 Å². The van der Waals surface area contributed by atoms with Gasteiger partial charge in [-0.3, -0.25) is 0 Å².